The Morgan fingerprint density at radius 2 is 1.60 bits per heavy atom. The molecular formula is C18H17Cl2N3O2. The first-order chi connectivity index (χ1) is 11.9. The van der Waals surface area contributed by atoms with Gasteiger partial charge in [0.1, 0.15) is 0 Å². The van der Waals surface area contributed by atoms with E-state index in [1.54, 1.807) is 49.4 Å². The molecule has 0 aliphatic rings. The van der Waals surface area contributed by atoms with Crippen LogP contribution in [-0.4, -0.2) is 17.5 Å². The fourth-order valence-electron chi connectivity index (χ4n) is 2.11. The minimum Gasteiger partial charge on any atom is -0.326 e. The molecule has 2 N–H and O–H groups in total. The molecule has 0 unspecified atom stereocenters. The van der Waals surface area contributed by atoms with Crippen molar-refractivity contribution in [2.75, 3.05) is 5.32 Å². The second-order valence-corrected chi connectivity index (χ2v) is 6.18. The standard InChI is InChI=1S/C18H17Cl2N3O2/c1-11(13-6-8-14(9-7-13)21-12(2)24)22-23-18(25)10-15-16(19)4-3-5-17(15)20/h3-9H,10H2,1-2H3,(H,21,24)(H,23,25)/b22-11+. The smallest absolute Gasteiger partial charge is 0.244 e. The van der Waals surface area contributed by atoms with E-state index >= 15 is 0 Å². The molecule has 2 rings (SSSR count). The van der Waals surface area contributed by atoms with E-state index in [1.165, 1.54) is 6.92 Å². The molecule has 0 aliphatic carbocycles. The summed E-state index contributed by atoms with van der Waals surface area (Å²) in [5, 5.41) is 7.65. The third-order valence-electron chi connectivity index (χ3n) is 3.37. The molecule has 0 radical (unpaired) electrons. The van der Waals surface area contributed by atoms with Crippen LogP contribution in [0, 0.1) is 0 Å². The van der Waals surface area contributed by atoms with E-state index in [0.717, 1.165) is 5.56 Å². The number of carbonyl (C=O) groups is 2. The zero-order valence-electron chi connectivity index (χ0n) is 13.8. The predicted octanol–water partition coefficient (Wildman–Crippen LogP) is 4.03. The molecule has 2 aromatic rings. The van der Waals surface area contributed by atoms with E-state index in [2.05, 4.69) is 15.8 Å². The second kappa shape index (κ2) is 8.65. The first-order valence-electron chi connectivity index (χ1n) is 7.51. The number of halogens is 2. The fourth-order valence-corrected chi connectivity index (χ4v) is 2.64. The number of nitrogens with zero attached hydrogens (tertiary/aromatic N) is 1. The largest absolute Gasteiger partial charge is 0.326 e. The average molecular weight is 378 g/mol. The van der Waals surface area contributed by atoms with Crippen molar-refractivity contribution in [2.24, 2.45) is 5.10 Å². The summed E-state index contributed by atoms with van der Waals surface area (Å²) in [5.74, 6) is -0.451. The molecule has 5 nitrogen and oxygen atoms in total. The van der Waals surface area contributed by atoms with Crippen LogP contribution in [0.15, 0.2) is 47.6 Å². The normalized spacial score (nSPS) is 11.1. The molecule has 2 amide bonds. The number of benzene rings is 2. The summed E-state index contributed by atoms with van der Waals surface area (Å²) in [6.07, 6.45) is 0.0384. The number of hydrogen-bond acceptors (Lipinski definition) is 3. The van der Waals surface area contributed by atoms with Crippen molar-refractivity contribution >= 4 is 46.4 Å². The van der Waals surface area contributed by atoms with Gasteiger partial charge in [-0.3, -0.25) is 9.59 Å². The van der Waals surface area contributed by atoms with Crippen LogP contribution < -0.4 is 10.7 Å². The van der Waals surface area contributed by atoms with Gasteiger partial charge in [-0.15, -0.1) is 0 Å². The van der Waals surface area contributed by atoms with Gasteiger partial charge in [0.2, 0.25) is 11.8 Å². The summed E-state index contributed by atoms with van der Waals surface area (Å²) < 4.78 is 0. The molecule has 0 heterocycles. The average Bonchev–Trinajstić information content (AvgIpc) is 2.56. The Morgan fingerprint density at radius 3 is 2.16 bits per heavy atom. The number of rotatable bonds is 5. The summed E-state index contributed by atoms with van der Waals surface area (Å²) in [4.78, 5) is 23.1. The van der Waals surface area contributed by atoms with Gasteiger partial charge in [-0.25, -0.2) is 5.43 Å². The van der Waals surface area contributed by atoms with Crippen molar-refractivity contribution in [3.05, 3.63) is 63.6 Å². The Hall–Kier alpha value is -2.37. The molecule has 0 aromatic heterocycles. The number of hydrogen-bond donors (Lipinski definition) is 2. The Bertz CT molecular complexity index is 797. The van der Waals surface area contributed by atoms with Gasteiger partial charge >= 0.3 is 0 Å². The molecule has 0 spiro atoms. The van der Waals surface area contributed by atoms with Crippen molar-refractivity contribution in [2.45, 2.75) is 20.3 Å². The molecule has 0 atom stereocenters. The predicted molar refractivity (Wildman–Crippen MR) is 101 cm³/mol. The van der Waals surface area contributed by atoms with Gasteiger partial charge in [0.15, 0.2) is 0 Å². The molecule has 2 aromatic carbocycles. The Balaban J connectivity index is 2.00. The first-order valence-corrected chi connectivity index (χ1v) is 8.26. The van der Waals surface area contributed by atoms with Gasteiger partial charge in [-0.1, -0.05) is 41.4 Å². The highest BCUT2D eigenvalue weighted by atomic mass is 35.5. The van der Waals surface area contributed by atoms with E-state index in [0.29, 0.717) is 27.0 Å². The molecule has 25 heavy (non-hydrogen) atoms. The maximum Gasteiger partial charge on any atom is 0.244 e. The van der Waals surface area contributed by atoms with Crippen LogP contribution in [0.3, 0.4) is 0 Å². The van der Waals surface area contributed by atoms with Crippen molar-refractivity contribution in [3.8, 4) is 0 Å². The van der Waals surface area contributed by atoms with Crippen molar-refractivity contribution < 1.29 is 9.59 Å². The quantitative estimate of drug-likeness (QED) is 0.609. The van der Waals surface area contributed by atoms with Crippen LogP contribution in [-0.2, 0) is 16.0 Å². The molecule has 130 valence electrons. The van der Waals surface area contributed by atoms with Gasteiger partial charge < -0.3 is 5.32 Å². The third-order valence-corrected chi connectivity index (χ3v) is 4.08. The second-order valence-electron chi connectivity index (χ2n) is 5.37. The highest BCUT2D eigenvalue weighted by Crippen LogP contribution is 2.24. The van der Waals surface area contributed by atoms with Crippen molar-refractivity contribution in [1.29, 1.82) is 0 Å². The Morgan fingerprint density at radius 1 is 1.00 bits per heavy atom. The van der Waals surface area contributed by atoms with Gasteiger partial charge in [0, 0.05) is 22.7 Å². The number of anilines is 1. The van der Waals surface area contributed by atoms with E-state index < -0.39 is 0 Å². The number of hydrazone groups is 1. The zero-order valence-corrected chi connectivity index (χ0v) is 15.3. The van der Waals surface area contributed by atoms with Crippen LogP contribution in [0.2, 0.25) is 10.0 Å². The molecular weight excluding hydrogens is 361 g/mol. The van der Waals surface area contributed by atoms with Gasteiger partial charge in [0.25, 0.3) is 0 Å². The maximum atomic E-state index is 12.0. The van der Waals surface area contributed by atoms with Crippen LogP contribution in [0.25, 0.3) is 0 Å². The molecule has 0 saturated carbocycles. The minimum absolute atomic E-state index is 0.0384. The molecule has 0 saturated heterocycles. The van der Waals surface area contributed by atoms with Crippen LogP contribution >= 0.6 is 23.2 Å². The molecule has 7 heteroatoms. The van der Waals surface area contributed by atoms with Crippen LogP contribution in [0.1, 0.15) is 25.0 Å². The van der Waals surface area contributed by atoms with Gasteiger partial charge in [0.05, 0.1) is 12.1 Å². The third kappa shape index (κ3) is 5.59. The van der Waals surface area contributed by atoms with Crippen LogP contribution in [0.5, 0.6) is 0 Å². The molecule has 0 bridgehead atoms. The number of carbonyl (C=O) groups excluding carboxylic acids is 2. The SMILES string of the molecule is CC(=O)Nc1ccc(/C(C)=N/NC(=O)Cc2c(Cl)cccc2Cl)cc1. The topological polar surface area (TPSA) is 70.6 Å². The van der Waals surface area contributed by atoms with E-state index in [9.17, 15) is 9.59 Å². The van der Waals surface area contributed by atoms with E-state index in [4.69, 9.17) is 23.2 Å². The summed E-state index contributed by atoms with van der Waals surface area (Å²) in [5.41, 5.74) is 5.21. The fraction of sp³-hybridized carbons (Fsp3) is 0.167. The first kappa shape index (κ1) is 19.0. The highest BCUT2D eigenvalue weighted by molar-refractivity contribution is 6.36. The minimum atomic E-state index is -0.316. The lowest BCUT2D eigenvalue weighted by Gasteiger charge is -2.07. The highest BCUT2D eigenvalue weighted by Gasteiger charge is 2.10. The summed E-state index contributed by atoms with van der Waals surface area (Å²) in [6.45, 7) is 3.22. The van der Waals surface area contributed by atoms with Crippen molar-refractivity contribution in [1.82, 2.24) is 5.43 Å². The molecule has 0 fully saturated rings. The van der Waals surface area contributed by atoms with Crippen LogP contribution in [0.4, 0.5) is 5.69 Å². The van der Waals surface area contributed by atoms with Gasteiger partial charge in [-0.2, -0.15) is 5.10 Å². The maximum absolute atomic E-state index is 12.0. The van der Waals surface area contributed by atoms with Gasteiger partial charge in [-0.05, 0) is 42.3 Å². The zero-order chi connectivity index (χ0) is 18.4. The van der Waals surface area contributed by atoms with Crippen molar-refractivity contribution in [3.63, 3.8) is 0 Å². The lowest BCUT2D eigenvalue weighted by atomic mass is 10.1. The summed E-state index contributed by atoms with van der Waals surface area (Å²) in [7, 11) is 0. The lowest BCUT2D eigenvalue weighted by molar-refractivity contribution is -0.120. The van der Waals surface area contributed by atoms with E-state index in [-0.39, 0.29) is 18.2 Å². The molecule has 0 aliphatic heterocycles. The number of amides is 2. The Kier molecular flexibility index (Phi) is 6.56. The summed E-state index contributed by atoms with van der Waals surface area (Å²) in [6, 6.07) is 12.2. The summed E-state index contributed by atoms with van der Waals surface area (Å²) >= 11 is 12.1. The van der Waals surface area contributed by atoms with E-state index in [1.807, 2.05) is 0 Å². The Labute approximate surface area is 156 Å². The lowest BCUT2D eigenvalue weighted by Crippen LogP contribution is -2.21. The monoisotopic (exact) mass is 377 g/mol. The number of nitrogens with one attached hydrogen (secondary N) is 2.